The van der Waals surface area contributed by atoms with Gasteiger partial charge in [0.25, 0.3) is 0 Å². The van der Waals surface area contributed by atoms with Crippen LogP contribution in [0.2, 0.25) is 0 Å². The molecule has 0 atom stereocenters. The van der Waals surface area contributed by atoms with Crippen LogP contribution in [0.15, 0.2) is 30.3 Å². The first kappa shape index (κ1) is 26.7. The van der Waals surface area contributed by atoms with E-state index in [1.54, 1.807) is 12.1 Å². The molecule has 36 heavy (non-hydrogen) atoms. The van der Waals surface area contributed by atoms with E-state index in [0.717, 1.165) is 25.7 Å². The van der Waals surface area contributed by atoms with E-state index in [1.165, 1.54) is 0 Å². The first-order valence-electron chi connectivity index (χ1n) is 12.3. The van der Waals surface area contributed by atoms with Gasteiger partial charge in [-0.15, -0.1) is 0 Å². The molecule has 2 fully saturated rings. The number of rotatable bonds is 5. The van der Waals surface area contributed by atoms with Crippen LogP contribution in [0.25, 0.3) is 0 Å². The first-order valence-corrected chi connectivity index (χ1v) is 12.3. The lowest BCUT2D eigenvalue weighted by Gasteiger charge is -2.34. The zero-order chi connectivity index (χ0) is 26.3. The minimum atomic E-state index is -4.95. The number of halogens is 8. The number of alkyl halides is 5. The SMILES string of the molecule is CC1CCC(c2ccc(C3CCC(C(F)(F)Oc4ccc(C(F)(F)F)c(F)c4)CC3)c(F)c2F)CC1. The Hall–Kier alpha value is -2.32. The first-order chi connectivity index (χ1) is 16.9. The van der Waals surface area contributed by atoms with E-state index in [1.807, 2.05) is 0 Å². The molecule has 198 valence electrons. The van der Waals surface area contributed by atoms with E-state index >= 15 is 0 Å². The van der Waals surface area contributed by atoms with Gasteiger partial charge in [-0.3, -0.25) is 0 Å². The quantitative estimate of drug-likeness (QED) is 0.357. The minimum absolute atomic E-state index is 0.0219. The van der Waals surface area contributed by atoms with E-state index in [0.29, 0.717) is 23.6 Å². The van der Waals surface area contributed by atoms with Crippen molar-refractivity contribution in [1.29, 1.82) is 0 Å². The highest BCUT2D eigenvalue weighted by Crippen LogP contribution is 2.45. The summed E-state index contributed by atoms with van der Waals surface area (Å²) in [5.74, 6) is -5.37. The molecule has 2 aliphatic rings. The summed E-state index contributed by atoms with van der Waals surface area (Å²) in [7, 11) is 0. The van der Waals surface area contributed by atoms with Crippen LogP contribution < -0.4 is 4.74 Å². The van der Waals surface area contributed by atoms with Gasteiger partial charge in [-0.25, -0.2) is 13.2 Å². The Morgan fingerprint density at radius 3 is 1.67 bits per heavy atom. The molecule has 0 spiro atoms. The molecule has 0 radical (unpaired) electrons. The Balaban J connectivity index is 1.40. The second kappa shape index (κ2) is 10.2. The molecule has 0 bridgehead atoms. The second-order valence-electron chi connectivity index (χ2n) is 10.2. The molecular formula is C27H28F8O. The van der Waals surface area contributed by atoms with Crippen molar-refractivity contribution in [1.82, 2.24) is 0 Å². The van der Waals surface area contributed by atoms with E-state index in [-0.39, 0.29) is 43.2 Å². The van der Waals surface area contributed by atoms with Crippen LogP contribution >= 0.6 is 0 Å². The van der Waals surface area contributed by atoms with Gasteiger partial charge < -0.3 is 4.74 Å². The summed E-state index contributed by atoms with van der Waals surface area (Å²) < 4.78 is 116. The number of hydrogen-bond donors (Lipinski definition) is 0. The smallest absolute Gasteiger partial charge is 0.419 e. The lowest BCUT2D eigenvalue weighted by atomic mass is 9.76. The molecule has 0 N–H and O–H groups in total. The summed E-state index contributed by atoms with van der Waals surface area (Å²) in [6.07, 6.45) is -4.97. The molecular weight excluding hydrogens is 492 g/mol. The monoisotopic (exact) mass is 520 g/mol. The van der Waals surface area contributed by atoms with Crippen LogP contribution in [0.4, 0.5) is 35.1 Å². The maximum atomic E-state index is 15.0. The van der Waals surface area contributed by atoms with Crippen LogP contribution in [0.1, 0.15) is 86.8 Å². The van der Waals surface area contributed by atoms with Crippen LogP contribution in [-0.4, -0.2) is 6.11 Å². The average molecular weight is 521 g/mol. The van der Waals surface area contributed by atoms with Gasteiger partial charge in [0.2, 0.25) is 0 Å². The van der Waals surface area contributed by atoms with Gasteiger partial charge in [0, 0.05) is 6.07 Å². The van der Waals surface area contributed by atoms with E-state index in [4.69, 9.17) is 0 Å². The molecule has 2 saturated carbocycles. The lowest BCUT2D eigenvalue weighted by molar-refractivity contribution is -0.222. The third-order valence-corrected chi connectivity index (χ3v) is 7.74. The molecule has 0 unspecified atom stereocenters. The molecule has 2 aromatic carbocycles. The van der Waals surface area contributed by atoms with Crippen molar-refractivity contribution in [2.24, 2.45) is 11.8 Å². The fourth-order valence-corrected chi connectivity index (χ4v) is 5.55. The van der Waals surface area contributed by atoms with Gasteiger partial charge in [-0.05, 0) is 79.5 Å². The predicted molar refractivity (Wildman–Crippen MR) is 118 cm³/mol. The van der Waals surface area contributed by atoms with Crippen molar-refractivity contribution >= 4 is 0 Å². The Morgan fingerprint density at radius 1 is 0.694 bits per heavy atom. The van der Waals surface area contributed by atoms with Crippen LogP contribution in [0.3, 0.4) is 0 Å². The van der Waals surface area contributed by atoms with Crippen LogP contribution in [0.5, 0.6) is 5.75 Å². The third-order valence-electron chi connectivity index (χ3n) is 7.74. The highest BCUT2D eigenvalue weighted by molar-refractivity contribution is 5.32. The van der Waals surface area contributed by atoms with Crippen molar-refractivity contribution in [2.45, 2.75) is 82.4 Å². The van der Waals surface area contributed by atoms with Crippen LogP contribution in [-0.2, 0) is 6.18 Å². The van der Waals surface area contributed by atoms with E-state index in [2.05, 4.69) is 11.7 Å². The molecule has 9 heteroatoms. The molecule has 0 aliphatic heterocycles. The normalized spacial score (nSPS) is 25.6. The largest absolute Gasteiger partial charge is 0.432 e. The average Bonchev–Trinajstić information content (AvgIpc) is 2.80. The lowest BCUT2D eigenvalue weighted by Crippen LogP contribution is -2.37. The summed E-state index contributed by atoms with van der Waals surface area (Å²) in [6, 6.07) is 4.48. The molecule has 4 rings (SSSR count). The van der Waals surface area contributed by atoms with Crippen molar-refractivity contribution in [3.63, 3.8) is 0 Å². The van der Waals surface area contributed by atoms with Gasteiger partial charge in [-0.1, -0.05) is 31.9 Å². The molecule has 2 aromatic rings. The number of ether oxygens (including phenoxy) is 1. The number of benzene rings is 2. The molecule has 0 heterocycles. The third kappa shape index (κ3) is 5.65. The summed E-state index contributed by atoms with van der Waals surface area (Å²) in [6.45, 7) is 2.14. The van der Waals surface area contributed by atoms with E-state index < -0.39 is 52.9 Å². The van der Waals surface area contributed by atoms with E-state index in [9.17, 15) is 35.1 Å². The zero-order valence-electron chi connectivity index (χ0n) is 19.8. The van der Waals surface area contributed by atoms with Crippen molar-refractivity contribution in [2.75, 3.05) is 0 Å². The van der Waals surface area contributed by atoms with Gasteiger partial charge in [0.1, 0.15) is 11.6 Å². The molecule has 0 saturated heterocycles. The summed E-state index contributed by atoms with van der Waals surface area (Å²) >= 11 is 0. The Kier molecular flexibility index (Phi) is 7.58. The summed E-state index contributed by atoms with van der Waals surface area (Å²) in [5, 5.41) is 0. The fraction of sp³-hybridized carbons (Fsp3) is 0.556. The van der Waals surface area contributed by atoms with Gasteiger partial charge >= 0.3 is 12.3 Å². The maximum absolute atomic E-state index is 15.0. The molecule has 2 aliphatic carbocycles. The standard InChI is InChI=1S/C27H28F8O/c1-15-2-4-16(5-3-15)20-11-12-21(25(30)24(20)29)17-6-8-18(9-7-17)27(34,35)36-19-10-13-22(23(28)14-19)26(31,32)33/h10-18H,2-9H2,1H3. The zero-order valence-corrected chi connectivity index (χ0v) is 19.8. The molecule has 0 amide bonds. The van der Waals surface area contributed by atoms with Gasteiger partial charge in [-0.2, -0.15) is 22.0 Å². The molecule has 0 aromatic heterocycles. The predicted octanol–water partition coefficient (Wildman–Crippen LogP) is 9.36. The van der Waals surface area contributed by atoms with Crippen molar-refractivity contribution in [3.8, 4) is 5.75 Å². The fourth-order valence-electron chi connectivity index (χ4n) is 5.55. The summed E-state index contributed by atoms with van der Waals surface area (Å²) in [4.78, 5) is 0. The highest BCUT2D eigenvalue weighted by Gasteiger charge is 2.45. The second-order valence-corrected chi connectivity index (χ2v) is 10.2. The van der Waals surface area contributed by atoms with Gasteiger partial charge in [0.05, 0.1) is 11.5 Å². The number of hydrogen-bond acceptors (Lipinski definition) is 1. The summed E-state index contributed by atoms with van der Waals surface area (Å²) in [5.41, 5.74) is -1.02. The Bertz CT molecular complexity index is 1060. The highest BCUT2D eigenvalue weighted by atomic mass is 19.4. The minimum Gasteiger partial charge on any atom is -0.432 e. The Morgan fingerprint density at radius 2 is 1.19 bits per heavy atom. The van der Waals surface area contributed by atoms with Crippen molar-refractivity contribution in [3.05, 3.63) is 64.5 Å². The Labute approximate surface area is 204 Å². The maximum Gasteiger partial charge on any atom is 0.419 e. The van der Waals surface area contributed by atoms with Crippen LogP contribution in [0, 0.1) is 29.3 Å². The van der Waals surface area contributed by atoms with Crippen molar-refractivity contribution < 1.29 is 39.9 Å². The topological polar surface area (TPSA) is 9.23 Å². The van der Waals surface area contributed by atoms with Gasteiger partial charge in [0.15, 0.2) is 11.6 Å². The molecule has 1 nitrogen and oxygen atoms in total.